The first-order valence-corrected chi connectivity index (χ1v) is 7.06. The Labute approximate surface area is 102 Å². The van der Waals surface area contributed by atoms with E-state index in [4.69, 9.17) is 5.73 Å². The van der Waals surface area contributed by atoms with Crippen molar-refractivity contribution < 1.29 is 0 Å². The zero-order valence-corrected chi connectivity index (χ0v) is 11.6. The molecule has 1 fully saturated rings. The molecule has 2 nitrogen and oxygen atoms in total. The monoisotopic (exact) mass is 226 g/mol. The Morgan fingerprint density at radius 3 is 2.25 bits per heavy atom. The highest BCUT2D eigenvalue weighted by molar-refractivity contribution is 4.94. The minimum atomic E-state index is 0.255. The van der Waals surface area contributed by atoms with Gasteiger partial charge in [0.05, 0.1) is 0 Å². The van der Waals surface area contributed by atoms with Gasteiger partial charge in [-0.1, -0.05) is 20.3 Å². The molecule has 1 aliphatic carbocycles. The molecule has 0 saturated heterocycles. The largest absolute Gasteiger partial charge is 0.329 e. The van der Waals surface area contributed by atoms with Crippen molar-refractivity contribution in [2.75, 3.05) is 13.1 Å². The second-order valence-electron chi connectivity index (χ2n) is 5.72. The topological polar surface area (TPSA) is 29.3 Å². The van der Waals surface area contributed by atoms with Gasteiger partial charge in [-0.3, -0.25) is 4.90 Å². The van der Waals surface area contributed by atoms with Crippen molar-refractivity contribution in [1.29, 1.82) is 0 Å². The predicted molar refractivity (Wildman–Crippen MR) is 71.6 cm³/mol. The molecule has 0 aromatic heterocycles. The maximum Gasteiger partial charge on any atom is 0.0331 e. The Morgan fingerprint density at radius 1 is 1.31 bits per heavy atom. The summed E-state index contributed by atoms with van der Waals surface area (Å²) >= 11 is 0. The van der Waals surface area contributed by atoms with E-state index in [0.29, 0.717) is 6.04 Å². The fourth-order valence-electron chi connectivity index (χ4n) is 2.88. The van der Waals surface area contributed by atoms with Crippen molar-refractivity contribution in [3.63, 3.8) is 0 Å². The Kier molecular flexibility index (Phi) is 5.26. The van der Waals surface area contributed by atoms with Crippen LogP contribution in [0, 0.1) is 5.92 Å². The summed E-state index contributed by atoms with van der Waals surface area (Å²) in [7, 11) is 0. The van der Waals surface area contributed by atoms with Gasteiger partial charge in [0.2, 0.25) is 0 Å². The highest BCUT2D eigenvalue weighted by atomic mass is 15.2. The van der Waals surface area contributed by atoms with Gasteiger partial charge in [0, 0.05) is 24.7 Å². The lowest BCUT2D eigenvalue weighted by Gasteiger charge is -2.46. The van der Waals surface area contributed by atoms with E-state index in [-0.39, 0.29) is 5.54 Å². The van der Waals surface area contributed by atoms with E-state index in [1.54, 1.807) is 0 Å². The lowest BCUT2D eigenvalue weighted by atomic mass is 9.87. The molecule has 0 aliphatic heterocycles. The SMILES string of the molecule is CCCC(CC)(CN)N(CC1CC1)C(C)C. The van der Waals surface area contributed by atoms with E-state index < -0.39 is 0 Å². The van der Waals surface area contributed by atoms with Crippen LogP contribution in [0.3, 0.4) is 0 Å². The van der Waals surface area contributed by atoms with Gasteiger partial charge < -0.3 is 5.73 Å². The van der Waals surface area contributed by atoms with Crippen LogP contribution in [0.2, 0.25) is 0 Å². The number of hydrogen-bond donors (Lipinski definition) is 1. The van der Waals surface area contributed by atoms with Gasteiger partial charge in [-0.05, 0) is 45.4 Å². The zero-order valence-electron chi connectivity index (χ0n) is 11.6. The summed E-state index contributed by atoms with van der Waals surface area (Å²) in [5, 5.41) is 0. The summed E-state index contributed by atoms with van der Waals surface area (Å²) in [6, 6.07) is 0.621. The van der Waals surface area contributed by atoms with Crippen LogP contribution in [-0.2, 0) is 0 Å². The van der Waals surface area contributed by atoms with Gasteiger partial charge in [0.1, 0.15) is 0 Å². The van der Waals surface area contributed by atoms with Crippen LogP contribution in [-0.4, -0.2) is 29.6 Å². The van der Waals surface area contributed by atoms with Crippen LogP contribution in [0.4, 0.5) is 0 Å². The van der Waals surface area contributed by atoms with Crippen molar-refractivity contribution in [1.82, 2.24) is 4.90 Å². The van der Waals surface area contributed by atoms with E-state index in [0.717, 1.165) is 12.5 Å². The molecule has 96 valence electrons. The molecule has 1 rings (SSSR count). The predicted octanol–water partition coefficient (Wildman–Crippen LogP) is 3.01. The number of nitrogens with two attached hydrogens (primary N) is 1. The summed E-state index contributed by atoms with van der Waals surface area (Å²) in [5.74, 6) is 0.955. The highest BCUT2D eigenvalue weighted by Crippen LogP contribution is 2.35. The quantitative estimate of drug-likeness (QED) is 0.689. The van der Waals surface area contributed by atoms with E-state index in [9.17, 15) is 0 Å². The normalized spacial score (nSPS) is 20.4. The second-order valence-corrected chi connectivity index (χ2v) is 5.72. The molecule has 1 unspecified atom stereocenters. The Morgan fingerprint density at radius 2 is 1.94 bits per heavy atom. The van der Waals surface area contributed by atoms with Gasteiger partial charge in [0.15, 0.2) is 0 Å². The van der Waals surface area contributed by atoms with Crippen molar-refractivity contribution in [3.8, 4) is 0 Å². The van der Waals surface area contributed by atoms with Crippen molar-refractivity contribution in [3.05, 3.63) is 0 Å². The molecule has 0 heterocycles. The number of hydrogen-bond acceptors (Lipinski definition) is 2. The average molecular weight is 226 g/mol. The van der Waals surface area contributed by atoms with Crippen LogP contribution >= 0.6 is 0 Å². The molecule has 1 atom stereocenters. The van der Waals surface area contributed by atoms with Crippen LogP contribution in [0.25, 0.3) is 0 Å². The summed E-state index contributed by atoms with van der Waals surface area (Å²) in [5.41, 5.74) is 6.35. The van der Waals surface area contributed by atoms with Gasteiger partial charge in [-0.15, -0.1) is 0 Å². The van der Waals surface area contributed by atoms with E-state index in [2.05, 4.69) is 32.6 Å². The molecule has 1 saturated carbocycles. The zero-order chi connectivity index (χ0) is 12.2. The third-order valence-electron chi connectivity index (χ3n) is 4.14. The molecule has 0 amide bonds. The standard InChI is InChI=1S/C14H30N2/c1-5-9-14(6-2,11-15)16(12(3)4)10-13-7-8-13/h12-13H,5-11,15H2,1-4H3. The van der Waals surface area contributed by atoms with Crippen LogP contribution in [0.5, 0.6) is 0 Å². The molecule has 2 N–H and O–H groups in total. The first-order valence-electron chi connectivity index (χ1n) is 7.06. The minimum Gasteiger partial charge on any atom is -0.329 e. The third-order valence-corrected chi connectivity index (χ3v) is 4.14. The second kappa shape index (κ2) is 6.02. The average Bonchev–Trinajstić information content (AvgIpc) is 3.07. The summed E-state index contributed by atoms with van der Waals surface area (Å²) < 4.78 is 0. The summed E-state index contributed by atoms with van der Waals surface area (Å²) in [6.07, 6.45) is 6.52. The van der Waals surface area contributed by atoms with E-state index in [1.165, 1.54) is 38.6 Å². The molecule has 0 aromatic carbocycles. The fourth-order valence-corrected chi connectivity index (χ4v) is 2.88. The molecule has 0 aromatic rings. The third kappa shape index (κ3) is 3.21. The lowest BCUT2D eigenvalue weighted by molar-refractivity contribution is 0.0445. The Bertz CT molecular complexity index is 193. The number of rotatable bonds is 8. The minimum absolute atomic E-state index is 0.255. The molecular weight excluding hydrogens is 196 g/mol. The molecule has 2 heteroatoms. The van der Waals surface area contributed by atoms with Crippen LogP contribution < -0.4 is 5.73 Å². The number of nitrogens with zero attached hydrogens (tertiary/aromatic N) is 1. The van der Waals surface area contributed by atoms with E-state index in [1.807, 2.05) is 0 Å². The molecule has 16 heavy (non-hydrogen) atoms. The maximum atomic E-state index is 6.10. The molecule has 0 bridgehead atoms. The van der Waals surface area contributed by atoms with Crippen LogP contribution in [0.15, 0.2) is 0 Å². The molecule has 0 radical (unpaired) electrons. The van der Waals surface area contributed by atoms with E-state index >= 15 is 0 Å². The van der Waals surface area contributed by atoms with Gasteiger partial charge in [-0.2, -0.15) is 0 Å². The molecule has 0 spiro atoms. The first kappa shape index (κ1) is 14.0. The lowest BCUT2D eigenvalue weighted by Crippen LogP contribution is -2.56. The molecule has 1 aliphatic rings. The maximum absolute atomic E-state index is 6.10. The fraction of sp³-hybridized carbons (Fsp3) is 1.00. The smallest absolute Gasteiger partial charge is 0.0331 e. The summed E-state index contributed by atoms with van der Waals surface area (Å²) in [6.45, 7) is 11.3. The first-order chi connectivity index (χ1) is 7.59. The van der Waals surface area contributed by atoms with Crippen molar-refractivity contribution in [2.24, 2.45) is 11.7 Å². The Hall–Kier alpha value is -0.0800. The van der Waals surface area contributed by atoms with Gasteiger partial charge >= 0.3 is 0 Å². The van der Waals surface area contributed by atoms with Crippen molar-refractivity contribution >= 4 is 0 Å². The summed E-state index contributed by atoms with van der Waals surface area (Å²) in [4.78, 5) is 2.69. The van der Waals surface area contributed by atoms with Gasteiger partial charge in [-0.25, -0.2) is 0 Å². The van der Waals surface area contributed by atoms with Crippen LogP contribution in [0.1, 0.15) is 59.8 Å². The highest BCUT2D eigenvalue weighted by Gasteiger charge is 2.37. The molecular formula is C14H30N2. The van der Waals surface area contributed by atoms with Gasteiger partial charge in [0.25, 0.3) is 0 Å². The Balaban J connectivity index is 2.74. The van der Waals surface area contributed by atoms with Crippen molar-refractivity contribution in [2.45, 2.75) is 71.4 Å².